The third-order valence-corrected chi connectivity index (χ3v) is 10.0. The average Bonchev–Trinajstić information content (AvgIpc) is 2.67. The summed E-state index contributed by atoms with van der Waals surface area (Å²) in [5.41, 5.74) is 0.507. The molecule has 0 aliphatic heterocycles. The van der Waals surface area contributed by atoms with E-state index >= 15 is 0 Å². The van der Waals surface area contributed by atoms with Crippen molar-refractivity contribution in [2.45, 2.75) is 31.9 Å². The zero-order valence-corrected chi connectivity index (χ0v) is 19.3. The van der Waals surface area contributed by atoms with Crippen LogP contribution in [0.25, 0.3) is 0 Å². The molecule has 0 bridgehead atoms. The lowest BCUT2D eigenvalue weighted by molar-refractivity contribution is -0.127. The van der Waals surface area contributed by atoms with E-state index < -0.39 is 17.6 Å². The van der Waals surface area contributed by atoms with Gasteiger partial charge in [-0.3, -0.25) is 4.79 Å². The molecule has 1 amide bonds. The van der Waals surface area contributed by atoms with Crippen LogP contribution in [0.4, 0.5) is 0 Å². The van der Waals surface area contributed by atoms with Crippen molar-refractivity contribution in [3.05, 3.63) is 12.2 Å². The molecule has 0 aromatic heterocycles. The Labute approximate surface area is 160 Å². The normalized spacial score (nSPS) is 12.3. The third kappa shape index (κ3) is 7.57. The van der Waals surface area contributed by atoms with E-state index in [1.807, 2.05) is 0 Å². The highest BCUT2D eigenvalue weighted by Crippen LogP contribution is 2.18. The van der Waals surface area contributed by atoms with Crippen LogP contribution in [0.5, 0.6) is 0 Å². The molecule has 10 heteroatoms. The fourth-order valence-corrected chi connectivity index (χ4v) is 6.08. The van der Waals surface area contributed by atoms with E-state index in [4.69, 9.17) is 26.6 Å². The van der Waals surface area contributed by atoms with Crippen LogP contribution in [-0.4, -0.2) is 84.2 Å². The first-order valence-corrected chi connectivity index (χ1v) is 12.4. The van der Waals surface area contributed by atoms with Crippen LogP contribution in [0.3, 0.4) is 0 Å². The van der Waals surface area contributed by atoms with Gasteiger partial charge in [0.1, 0.15) is 0 Å². The minimum absolute atomic E-state index is 0.0657. The Morgan fingerprint density at radius 2 is 1.08 bits per heavy atom. The van der Waals surface area contributed by atoms with Gasteiger partial charge in [0.15, 0.2) is 0 Å². The molecule has 0 heterocycles. The maximum atomic E-state index is 12.4. The number of rotatable bonds is 15. The molecule has 8 nitrogen and oxygen atoms in total. The molecule has 0 rings (SSSR count). The summed E-state index contributed by atoms with van der Waals surface area (Å²) in [5.74, 6) is -0.0657. The Morgan fingerprint density at radius 3 is 1.31 bits per heavy atom. The first kappa shape index (κ1) is 25.4. The molecule has 0 N–H and O–H groups in total. The van der Waals surface area contributed by atoms with Crippen LogP contribution < -0.4 is 0 Å². The molecule has 0 saturated heterocycles. The van der Waals surface area contributed by atoms with E-state index in [-0.39, 0.29) is 5.91 Å². The second kappa shape index (κ2) is 12.7. The highest BCUT2D eigenvalue weighted by atomic mass is 28.4. The van der Waals surface area contributed by atoms with Crippen molar-refractivity contribution in [3.63, 3.8) is 0 Å². The van der Waals surface area contributed by atoms with Gasteiger partial charge in [-0.1, -0.05) is 6.58 Å². The standard InChI is InChI=1S/C16H35NO7Si2/c1-15(2)16(18)17(11-9-13-25(19-3,20-4)21-5)12-10-14-26(22-6,23-7)24-8/h1,9-14H2,2-8H3. The van der Waals surface area contributed by atoms with Crippen LogP contribution in [0.15, 0.2) is 12.2 Å². The lowest BCUT2D eigenvalue weighted by Crippen LogP contribution is -2.44. The van der Waals surface area contributed by atoms with E-state index in [0.29, 0.717) is 43.6 Å². The molecule has 0 saturated carbocycles. The molecule has 0 atom stereocenters. The van der Waals surface area contributed by atoms with E-state index in [1.54, 1.807) is 54.5 Å². The van der Waals surface area contributed by atoms with Crippen LogP contribution in [0.2, 0.25) is 12.1 Å². The minimum atomic E-state index is -2.64. The van der Waals surface area contributed by atoms with Gasteiger partial charge in [-0.05, 0) is 19.8 Å². The summed E-state index contributed by atoms with van der Waals surface area (Å²) < 4.78 is 32.5. The van der Waals surface area contributed by atoms with Crippen molar-refractivity contribution in [3.8, 4) is 0 Å². The number of carbonyl (C=O) groups excluding carboxylic acids is 1. The molecule has 0 radical (unpaired) electrons. The highest BCUT2D eigenvalue weighted by Gasteiger charge is 2.38. The van der Waals surface area contributed by atoms with E-state index in [9.17, 15) is 4.79 Å². The van der Waals surface area contributed by atoms with Gasteiger partial charge in [-0.15, -0.1) is 0 Å². The summed E-state index contributed by atoms with van der Waals surface area (Å²) in [6.45, 7) is 6.61. The summed E-state index contributed by atoms with van der Waals surface area (Å²) in [7, 11) is 4.23. The third-order valence-electron chi connectivity index (χ3n) is 4.34. The van der Waals surface area contributed by atoms with Crippen molar-refractivity contribution < 1.29 is 31.4 Å². The Morgan fingerprint density at radius 1 is 0.769 bits per heavy atom. The maximum absolute atomic E-state index is 12.4. The summed E-state index contributed by atoms with van der Waals surface area (Å²) in [6, 6.07) is 1.26. The van der Waals surface area contributed by atoms with E-state index in [1.165, 1.54) is 0 Å². The Bertz CT molecular complexity index is 386. The first-order valence-electron chi connectivity index (χ1n) is 8.55. The minimum Gasteiger partial charge on any atom is -0.377 e. The molecule has 0 aromatic rings. The summed E-state index contributed by atoms with van der Waals surface area (Å²) in [6.07, 6.45) is 1.42. The average molecular weight is 410 g/mol. The zero-order valence-electron chi connectivity index (χ0n) is 17.3. The van der Waals surface area contributed by atoms with Crippen molar-refractivity contribution >= 4 is 23.5 Å². The quantitative estimate of drug-likeness (QED) is 0.302. The van der Waals surface area contributed by atoms with Crippen LogP contribution in [-0.2, 0) is 31.4 Å². The first-order chi connectivity index (χ1) is 12.3. The van der Waals surface area contributed by atoms with Gasteiger partial charge in [0.05, 0.1) is 0 Å². The van der Waals surface area contributed by atoms with Crippen molar-refractivity contribution in [1.29, 1.82) is 0 Å². The van der Waals surface area contributed by atoms with Crippen LogP contribution in [0, 0.1) is 0 Å². The van der Waals surface area contributed by atoms with Crippen molar-refractivity contribution in [1.82, 2.24) is 4.90 Å². The molecule has 0 spiro atoms. The number of hydrogen-bond donors (Lipinski definition) is 0. The Hall–Kier alpha value is -0.596. The van der Waals surface area contributed by atoms with Crippen LogP contribution >= 0.6 is 0 Å². The molecule has 0 fully saturated rings. The second-order valence-electron chi connectivity index (χ2n) is 5.87. The number of hydrogen-bond acceptors (Lipinski definition) is 7. The molecule has 0 aromatic carbocycles. The smallest absolute Gasteiger partial charge is 0.377 e. The van der Waals surface area contributed by atoms with Gasteiger partial charge in [0, 0.05) is 73.4 Å². The predicted molar refractivity (Wildman–Crippen MR) is 104 cm³/mol. The van der Waals surface area contributed by atoms with Gasteiger partial charge in [-0.25, -0.2) is 0 Å². The second-order valence-corrected chi connectivity index (χ2v) is 12.1. The molecular formula is C16H35NO7Si2. The van der Waals surface area contributed by atoms with Gasteiger partial charge < -0.3 is 31.5 Å². The monoisotopic (exact) mass is 409 g/mol. The van der Waals surface area contributed by atoms with Gasteiger partial charge in [0.25, 0.3) is 0 Å². The number of amides is 1. The van der Waals surface area contributed by atoms with E-state index in [2.05, 4.69) is 6.58 Å². The molecule has 154 valence electrons. The summed E-state index contributed by atoms with van der Waals surface area (Å²) >= 11 is 0. The van der Waals surface area contributed by atoms with E-state index in [0.717, 1.165) is 0 Å². The number of nitrogens with zero attached hydrogens (tertiary/aromatic N) is 1. The van der Waals surface area contributed by atoms with Crippen molar-refractivity contribution in [2.24, 2.45) is 0 Å². The Balaban J connectivity index is 4.78. The van der Waals surface area contributed by atoms with Gasteiger partial charge >= 0.3 is 17.6 Å². The van der Waals surface area contributed by atoms with Gasteiger partial charge in [-0.2, -0.15) is 0 Å². The molecular weight excluding hydrogens is 374 g/mol. The van der Waals surface area contributed by atoms with Crippen LogP contribution in [0.1, 0.15) is 19.8 Å². The molecule has 26 heavy (non-hydrogen) atoms. The fourth-order valence-electron chi connectivity index (χ4n) is 2.67. The topological polar surface area (TPSA) is 75.7 Å². The van der Waals surface area contributed by atoms with Crippen molar-refractivity contribution in [2.75, 3.05) is 55.7 Å². The number of carbonyl (C=O) groups is 1. The Kier molecular flexibility index (Phi) is 12.4. The fraction of sp³-hybridized carbons (Fsp3) is 0.812. The zero-order chi connectivity index (χ0) is 20.2. The summed E-state index contributed by atoms with van der Waals surface area (Å²) in [5, 5.41) is 0. The molecule has 0 aliphatic rings. The lowest BCUT2D eigenvalue weighted by Gasteiger charge is -2.28. The molecule has 0 unspecified atom stereocenters. The largest absolute Gasteiger partial charge is 0.500 e. The SMILES string of the molecule is C=C(C)C(=O)N(CCC[Si](OC)(OC)OC)CCC[Si](OC)(OC)OC. The molecule has 0 aliphatic carbocycles. The maximum Gasteiger partial charge on any atom is 0.500 e. The summed E-state index contributed by atoms with van der Waals surface area (Å²) in [4.78, 5) is 14.2. The predicted octanol–water partition coefficient (Wildman–Crippen LogP) is 1.93. The van der Waals surface area contributed by atoms with Gasteiger partial charge in [0.2, 0.25) is 5.91 Å². The highest BCUT2D eigenvalue weighted by molar-refractivity contribution is 6.60. The lowest BCUT2D eigenvalue weighted by atomic mass is 10.2.